The van der Waals surface area contributed by atoms with Crippen molar-refractivity contribution in [3.05, 3.63) is 0 Å². The van der Waals surface area contributed by atoms with Crippen LogP contribution in [0.15, 0.2) is 0 Å². The van der Waals surface area contributed by atoms with E-state index in [1.807, 2.05) is 0 Å². The minimum Gasteiger partial charge on any atom is -0.329 e. The third-order valence-corrected chi connectivity index (χ3v) is 4.51. The summed E-state index contributed by atoms with van der Waals surface area (Å²) in [6, 6.07) is 0. The molecular weight excluding hydrogens is 276 g/mol. The second-order valence-corrected chi connectivity index (χ2v) is 6.57. The average molecular weight is 315 g/mol. The van der Waals surface area contributed by atoms with Crippen molar-refractivity contribution in [2.45, 2.75) is 12.8 Å². The number of rotatable bonds is 4. The first-order valence-corrected chi connectivity index (χ1v) is 8.87. The fourth-order valence-electron chi connectivity index (χ4n) is 3.01. The molecule has 0 bridgehead atoms. The molecule has 0 aromatic carbocycles. The maximum atomic E-state index is 5.77. The summed E-state index contributed by atoms with van der Waals surface area (Å²) in [6.45, 7) is 12.7. The smallest absolute Gasteiger partial charge is 0.0110 e. The van der Waals surface area contributed by atoms with Crippen LogP contribution in [-0.2, 0) is 0 Å². The second kappa shape index (κ2) is 12.2. The Morgan fingerprint density at radius 2 is 1.00 bits per heavy atom. The summed E-state index contributed by atoms with van der Waals surface area (Å²) in [5.41, 5.74) is 11.5. The average Bonchev–Trinajstić information content (AvgIpc) is 2.49. The summed E-state index contributed by atoms with van der Waals surface area (Å²) in [5, 5.41) is 0. The van der Waals surface area contributed by atoms with Gasteiger partial charge in [-0.25, -0.2) is 0 Å². The molecule has 1 saturated heterocycles. The molecule has 22 heavy (non-hydrogen) atoms. The zero-order chi connectivity index (χ0) is 16.2. The Morgan fingerprint density at radius 3 is 1.36 bits per heavy atom. The fourth-order valence-corrected chi connectivity index (χ4v) is 3.01. The van der Waals surface area contributed by atoms with E-state index in [9.17, 15) is 0 Å². The number of nitrogens with two attached hydrogens (primary N) is 2. The van der Waals surface area contributed by atoms with E-state index in [1.165, 1.54) is 25.9 Å². The van der Waals surface area contributed by atoms with Crippen LogP contribution in [0.3, 0.4) is 0 Å². The van der Waals surface area contributed by atoms with Crippen LogP contribution < -0.4 is 11.5 Å². The lowest BCUT2D eigenvalue weighted by molar-refractivity contribution is 0.180. The highest BCUT2D eigenvalue weighted by Gasteiger charge is 2.11. The third kappa shape index (κ3) is 9.02. The lowest BCUT2D eigenvalue weighted by Crippen LogP contribution is -2.42. The molecule has 0 aromatic heterocycles. The highest BCUT2D eigenvalue weighted by Crippen LogP contribution is 2.00. The molecule has 1 rings (SSSR count). The Hall–Kier alpha value is -0.240. The molecule has 132 valence electrons. The van der Waals surface area contributed by atoms with E-state index in [2.05, 4.69) is 33.7 Å². The van der Waals surface area contributed by atoms with E-state index in [0.29, 0.717) is 0 Å². The van der Waals surface area contributed by atoms with Crippen LogP contribution in [0.2, 0.25) is 0 Å². The van der Waals surface area contributed by atoms with Crippen LogP contribution >= 0.6 is 0 Å². The quantitative estimate of drug-likeness (QED) is 0.706. The molecule has 0 atom stereocenters. The number of hydrogen-bond donors (Lipinski definition) is 2. The van der Waals surface area contributed by atoms with E-state index in [1.54, 1.807) is 0 Å². The molecule has 0 unspecified atom stereocenters. The summed E-state index contributed by atoms with van der Waals surface area (Å²) in [6.07, 6.45) is 2.44. The summed E-state index contributed by atoms with van der Waals surface area (Å²) in [7, 11) is 4.46. The fraction of sp³-hybridized carbons (Fsp3) is 1.00. The molecule has 6 nitrogen and oxygen atoms in total. The van der Waals surface area contributed by atoms with Gasteiger partial charge in [0.1, 0.15) is 0 Å². The molecule has 0 spiro atoms. The summed E-state index contributed by atoms with van der Waals surface area (Å²) >= 11 is 0. The summed E-state index contributed by atoms with van der Waals surface area (Å²) in [5.74, 6) is 0. The zero-order valence-electron chi connectivity index (χ0n) is 14.8. The highest BCUT2D eigenvalue weighted by atomic mass is 15.2. The second-order valence-electron chi connectivity index (χ2n) is 6.57. The van der Waals surface area contributed by atoms with Gasteiger partial charge >= 0.3 is 0 Å². The molecule has 1 aliphatic heterocycles. The standard InChI is InChI=1S/C16H38N6/c1-19-7-3-9-21(11-5-17)15-16-22(12-6-18)10-4-8-20(2)14-13-19/h3-18H2,1-2H3. The van der Waals surface area contributed by atoms with E-state index in [0.717, 1.165) is 65.4 Å². The molecule has 4 N–H and O–H groups in total. The summed E-state index contributed by atoms with van der Waals surface area (Å²) in [4.78, 5) is 9.91. The van der Waals surface area contributed by atoms with Crippen LogP contribution in [0.4, 0.5) is 0 Å². The predicted molar refractivity (Wildman–Crippen MR) is 95.2 cm³/mol. The number of hydrogen-bond acceptors (Lipinski definition) is 6. The van der Waals surface area contributed by atoms with Crippen LogP contribution in [0.1, 0.15) is 12.8 Å². The van der Waals surface area contributed by atoms with Crippen molar-refractivity contribution in [1.82, 2.24) is 19.6 Å². The SMILES string of the molecule is CN1CCCN(CCN)CCN(CCN)CCCN(C)CC1. The molecule has 1 fully saturated rings. The zero-order valence-corrected chi connectivity index (χ0v) is 14.8. The Balaban J connectivity index is 2.52. The maximum absolute atomic E-state index is 5.77. The van der Waals surface area contributed by atoms with Gasteiger partial charge in [-0.1, -0.05) is 0 Å². The molecule has 0 aromatic rings. The van der Waals surface area contributed by atoms with Crippen molar-refractivity contribution in [2.24, 2.45) is 11.5 Å². The maximum Gasteiger partial charge on any atom is 0.0110 e. The van der Waals surface area contributed by atoms with E-state index < -0.39 is 0 Å². The van der Waals surface area contributed by atoms with Gasteiger partial charge in [0.25, 0.3) is 0 Å². The summed E-state index contributed by atoms with van der Waals surface area (Å²) < 4.78 is 0. The first-order valence-electron chi connectivity index (χ1n) is 8.87. The van der Waals surface area contributed by atoms with E-state index in [4.69, 9.17) is 11.5 Å². The van der Waals surface area contributed by atoms with Gasteiger partial charge in [-0.3, -0.25) is 0 Å². The Labute approximate surface area is 137 Å². The predicted octanol–water partition coefficient (Wildman–Crippen LogP) is -0.835. The van der Waals surface area contributed by atoms with E-state index in [-0.39, 0.29) is 0 Å². The largest absolute Gasteiger partial charge is 0.329 e. The van der Waals surface area contributed by atoms with Crippen LogP contribution in [0, 0.1) is 0 Å². The Morgan fingerprint density at radius 1 is 0.591 bits per heavy atom. The van der Waals surface area contributed by atoms with Gasteiger partial charge in [0.2, 0.25) is 0 Å². The third-order valence-electron chi connectivity index (χ3n) is 4.51. The van der Waals surface area contributed by atoms with Gasteiger partial charge in [-0.05, 0) is 53.1 Å². The van der Waals surface area contributed by atoms with Crippen molar-refractivity contribution >= 4 is 0 Å². The van der Waals surface area contributed by atoms with Gasteiger partial charge in [0.15, 0.2) is 0 Å². The van der Waals surface area contributed by atoms with Crippen molar-refractivity contribution in [3.8, 4) is 0 Å². The lowest BCUT2D eigenvalue weighted by Gasteiger charge is -2.29. The van der Waals surface area contributed by atoms with Crippen molar-refractivity contribution < 1.29 is 0 Å². The molecule has 0 radical (unpaired) electrons. The van der Waals surface area contributed by atoms with Crippen molar-refractivity contribution in [3.63, 3.8) is 0 Å². The first-order chi connectivity index (χ1) is 10.7. The first kappa shape index (κ1) is 19.8. The lowest BCUT2D eigenvalue weighted by atomic mass is 10.3. The Bertz CT molecular complexity index is 237. The molecule has 0 aliphatic carbocycles. The normalized spacial score (nSPS) is 23.5. The van der Waals surface area contributed by atoms with Crippen LogP contribution in [0.5, 0.6) is 0 Å². The van der Waals surface area contributed by atoms with Crippen LogP contribution in [-0.4, -0.2) is 112 Å². The van der Waals surface area contributed by atoms with Gasteiger partial charge in [0, 0.05) is 52.4 Å². The van der Waals surface area contributed by atoms with Crippen molar-refractivity contribution in [1.29, 1.82) is 0 Å². The highest BCUT2D eigenvalue weighted by molar-refractivity contribution is 4.68. The minimum atomic E-state index is 0.748. The van der Waals surface area contributed by atoms with Gasteiger partial charge in [-0.2, -0.15) is 0 Å². The topological polar surface area (TPSA) is 65.0 Å². The molecular formula is C16H38N6. The number of nitrogens with zero attached hydrogens (tertiary/aromatic N) is 4. The van der Waals surface area contributed by atoms with E-state index >= 15 is 0 Å². The van der Waals surface area contributed by atoms with Gasteiger partial charge < -0.3 is 31.1 Å². The molecule has 1 aliphatic rings. The van der Waals surface area contributed by atoms with Crippen molar-refractivity contribution in [2.75, 3.05) is 92.6 Å². The monoisotopic (exact) mass is 314 g/mol. The minimum absolute atomic E-state index is 0.748. The molecule has 0 saturated carbocycles. The van der Waals surface area contributed by atoms with Crippen LogP contribution in [0.25, 0.3) is 0 Å². The van der Waals surface area contributed by atoms with Gasteiger partial charge in [-0.15, -0.1) is 0 Å². The molecule has 0 amide bonds. The van der Waals surface area contributed by atoms with Gasteiger partial charge in [0.05, 0.1) is 0 Å². The molecule has 1 heterocycles. The Kier molecular flexibility index (Phi) is 11.0. The number of likely N-dealkylation sites (N-methyl/N-ethyl adjacent to an activating group) is 2. The molecule has 6 heteroatoms.